The molecule has 0 radical (unpaired) electrons. The summed E-state index contributed by atoms with van der Waals surface area (Å²) in [7, 11) is 1.63. The van der Waals surface area contributed by atoms with E-state index < -0.39 is 11.5 Å². The lowest BCUT2D eigenvalue weighted by molar-refractivity contribution is 0.0774. The van der Waals surface area contributed by atoms with Gasteiger partial charge in [0.15, 0.2) is 5.82 Å². The van der Waals surface area contributed by atoms with Crippen molar-refractivity contribution in [1.82, 2.24) is 20.4 Å². The van der Waals surface area contributed by atoms with E-state index in [1.54, 1.807) is 14.0 Å². The Morgan fingerprint density at radius 1 is 1.23 bits per heavy atom. The molecule has 1 saturated heterocycles. The highest BCUT2D eigenvalue weighted by Gasteiger charge is 2.26. The number of aromatic nitrogens is 2. The smallest absolute Gasteiger partial charge is 0.349 e. The molecular formula is C21H29ClN4O4. The zero-order chi connectivity index (χ0) is 20.4. The quantitative estimate of drug-likeness (QED) is 0.768. The molecule has 1 unspecified atom stereocenters. The molecular weight excluding hydrogens is 408 g/mol. The first-order valence-electron chi connectivity index (χ1n) is 10.5. The second-order valence-electron chi connectivity index (χ2n) is 8.23. The predicted octanol–water partition coefficient (Wildman–Crippen LogP) is 3.15. The minimum atomic E-state index is -0.581. The van der Waals surface area contributed by atoms with Gasteiger partial charge in [0.25, 0.3) is 5.91 Å². The Kier molecular flexibility index (Phi) is 7.31. The number of halogens is 1. The fourth-order valence-electron chi connectivity index (χ4n) is 4.33. The lowest BCUT2D eigenvalue weighted by Gasteiger charge is -2.22. The van der Waals surface area contributed by atoms with Crippen LogP contribution in [0.5, 0.6) is 0 Å². The van der Waals surface area contributed by atoms with E-state index in [-0.39, 0.29) is 30.4 Å². The number of piperidine rings is 1. The number of amides is 1. The normalized spacial score (nSPS) is 19.5. The zero-order valence-corrected chi connectivity index (χ0v) is 18.3. The first kappa shape index (κ1) is 22.5. The van der Waals surface area contributed by atoms with Crippen LogP contribution in [0.3, 0.4) is 0 Å². The molecule has 8 nitrogen and oxygen atoms in total. The van der Waals surface area contributed by atoms with E-state index in [9.17, 15) is 9.59 Å². The average molecular weight is 437 g/mol. The average Bonchev–Trinajstić information content (AvgIpc) is 3.39. The zero-order valence-electron chi connectivity index (χ0n) is 17.5. The van der Waals surface area contributed by atoms with Gasteiger partial charge in [-0.1, -0.05) is 18.0 Å². The number of carbonyl (C=O) groups is 1. The van der Waals surface area contributed by atoms with E-state index in [1.807, 2.05) is 6.07 Å². The molecule has 1 aliphatic heterocycles. The molecule has 0 bridgehead atoms. The molecule has 1 atom stereocenters. The number of nitrogens with zero attached hydrogens (tertiary/aromatic N) is 3. The molecule has 3 heterocycles. The molecule has 9 heteroatoms. The van der Waals surface area contributed by atoms with Crippen molar-refractivity contribution in [1.29, 1.82) is 0 Å². The lowest BCUT2D eigenvalue weighted by Crippen LogP contribution is -2.33. The standard InChI is InChI=1S/C21H28N4O4.ClH/c1-13-10-16(15-8-5-9-22-11-15)28-21(27)18(13)20(26)25(2)12-17-23-19(29-24-17)14-6-3-4-7-14;/h10,14-15,22H,3-9,11-12H2,1-2H3;1H. The lowest BCUT2D eigenvalue weighted by atomic mass is 9.95. The molecule has 2 fully saturated rings. The monoisotopic (exact) mass is 436 g/mol. The van der Waals surface area contributed by atoms with Crippen molar-refractivity contribution >= 4 is 18.3 Å². The number of rotatable bonds is 5. The number of nitrogens with one attached hydrogen (secondary N) is 1. The van der Waals surface area contributed by atoms with Crippen LogP contribution in [0.25, 0.3) is 0 Å². The Labute approximate surface area is 181 Å². The third kappa shape index (κ3) is 4.75. The second-order valence-corrected chi connectivity index (χ2v) is 8.23. The Balaban J connectivity index is 0.00000256. The first-order valence-corrected chi connectivity index (χ1v) is 10.5. The maximum Gasteiger partial charge on any atom is 0.349 e. The van der Waals surface area contributed by atoms with Crippen molar-refractivity contribution in [2.75, 3.05) is 20.1 Å². The van der Waals surface area contributed by atoms with Crippen molar-refractivity contribution in [3.63, 3.8) is 0 Å². The molecule has 2 aliphatic rings. The molecule has 1 aliphatic carbocycles. The molecule has 2 aromatic rings. The summed E-state index contributed by atoms with van der Waals surface area (Å²) in [6.45, 7) is 3.74. The largest absolute Gasteiger partial charge is 0.427 e. The van der Waals surface area contributed by atoms with Gasteiger partial charge >= 0.3 is 5.63 Å². The minimum absolute atomic E-state index is 0. The summed E-state index contributed by atoms with van der Waals surface area (Å²) in [6, 6.07) is 1.83. The summed E-state index contributed by atoms with van der Waals surface area (Å²) in [4.78, 5) is 31.4. The highest BCUT2D eigenvalue weighted by Crippen LogP contribution is 2.33. The predicted molar refractivity (Wildman–Crippen MR) is 113 cm³/mol. The van der Waals surface area contributed by atoms with Crippen molar-refractivity contribution < 1.29 is 13.7 Å². The summed E-state index contributed by atoms with van der Waals surface area (Å²) in [5, 5.41) is 7.33. The summed E-state index contributed by atoms with van der Waals surface area (Å²) in [5.41, 5.74) is 0.125. The topological polar surface area (TPSA) is 101 Å². The number of carbonyl (C=O) groups excluding carboxylic acids is 1. The van der Waals surface area contributed by atoms with Gasteiger partial charge in [0.05, 0.1) is 6.54 Å². The van der Waals surface area contributed by atoms with Crippen LogP contribution in [-0.2, 0) is 6.54 Å². The van der Waals surface area contributed by atoms with Crippen LogP contribution in [-0.4, -0.2) is 41.1 Å². The molecule has 4 rings (SSSR count). The maximum atomic E-state index is 12.9. The Morgan fingerprint density at radius 3 is 2.63 bits per heavy atom. The number of hydrogen-bond donors (Lipinski definition) is 1. The van der Waals surface area contributed by atoms with Gasteiger partial charge in [-0.15, -0.1) is 12.4 Å². The summed E-state index contributed by atoms with van der Waals surface area (Å²) in [6.07, 6.45) is 6.53. The van der Waals surface area contributed by atoms with Crippen LogP contribution < -0.4 is 10.9 Å². The highest BCUT2D eigenvalue weighted by molar-refractivity contribution is 5.94. The van der Waals surface area contributed by atoms with Gasteiger partial charge in [0, 0.05) is 25.4 Å². The molecule has 2 aromatic heterocycles. The molecule has 1 N–H and O–H groups in total. The van der Waals surface area contributed by atoms with E-state index in [0.717, 1.165) is 38.8 Å². The van der Waals surface area contributed by atoms with E-state index in [4.69, 9.17) is 8.94 Å². The second kappa shape index (κ2) is 9.75. The third-order valence-corrected chi connectivity index (χ3v) is 5.99. The molecule has 1 saturated carbocycles. The molecule has 30 heavy (non-hydrogen) atoms. The van der Waals surface area contributed by atoms with Crippen molar-refractivity contribution in [2.24, 2.45) is 0 Å². The Hall–Kier alpha value is -2.19. The van der Waals surface area contributed by atoms with E-state index >= 15 is 0 Å². The fourth-order valence-corrected chi connectivity index (χ4v) is 4.33. The summed E-state index contributed by atoms with van der Waals surface area (Å²) < 4.78 is 10.9. The maximum absolute atomic E-state index is 12.9. The van der Waals surface area contributed by atoms with Crippen molar-refractivity contribution in [3.05, 3.63) is 45.1 Å². The first-order chi connectivity index (χ1) is 14.0. The summed E-state index contributed by atoms with van der Waals surface area (Å²) in [5.74, 6) is 1.86. The van der Waals surface area contributed by atoms with Crippen LogP contribution in [0.2, 0.25) is 0 Å². The molecule has 164 valence electrons. The van der Waals surface area contributed by atoms with Crippen LogP contribution in [0.15, 0.2) is 19.8 Å². The third-order valence-electron chi connectivity index (χ3n) is 5.99. The van der Waals surface area contributed by atoms with Crippen LogP contribution in [0.4, 0.5) is 0 Å². The van der Waals surface area contributed by atoms with Crippen LogP contribution in [0.1, 0.15) is 83.8 Å². The van der Waals surface area contributed by atoms with Crippen LogP contribution >= 0.6 is 12.4 Å². The SMILES string of the molecule is Cc1cc(C2CCCNC2)oc(=O)c1C(=O)N(C)Cc1noc(C2CCCC2)n1.Cl. The van der Waals surface area contributed by atoms with Crippen molar-refractivity contribution in [2.45, 2.75) is 63.8 Å². The molecule has 1 amide bonds. The van der Waals surface area contributed by atoms with E-state index in [2.05, 4.69) is 15.5 Å². The van der Waals surface area contributed by atoms with Gasteiger partial charge < -0.3 is 19.2 Å². The van der Waals surface area contributed by atoms with Gasteiger partial charge in [-0.25, -0.2) is 4.79 Å². The molecule has 0 aromatic carbocycles. The van der Waals surface area contributed by atoms with Crippen molar-refractivity contribution in [3.8, 4) is 0 Å². The van der Waals surface area contributed by atoms with Gasteiger partial charge in [-0.2, -0.15) is 4.98 Å². The van der Waals surface area contributed by atoms with Crippen LogP contribution in [0, 0.1) is 6.92 Å². The molecule has 0 spiro atoms. The number of aryl methyl sites for hydroxylation is 1. The Morgan fingerprint density at radius 2 is 1.97 bits per heavy atom. The van der Waals surface area contributed by atoms with Gasteiger partial charge in [0.1, 0.15) is 11.3 Å². The van der Waals surface area contributed by atoms with Gasteiger partial charge in [-0.05, 0) is 50.8 Å². The summed E-state index contributed by atoms with van der Waals surface area (Å²) >= 11 is 0. The van der Waals surface area contributed by atoms with E-state index in [0.29, 0.717) is 29.0 Å². The Bertz CT molecular complexity index is 929. The highest BCUT2D eigenvalue weighted by atomic mass is 35.5. The van der Waals surface area contributed by atoms with Gasteiger partial charge in [-0.3, -0.25) is 4.79 Å². The number of hydrogen-bond acceptors (Lipinski definition) is 7. The van der Waals surface area contributed by atoms with E-state index in [1.165, 1.54) is 17.7 Å². The minimum Gasteiger partial charge on any atom is -0.427 e. The van der Waals surface area contributed by atoms with Gasteiger partial charge in [0.2, 0.25) is 5.89 Å². The fraction of sp³-hybridized carbons (Fsp3) is 0.619.